The normalized spacial score (nSPS) is 14.4. The second-order valence-corrected chi connectivity index (χ2v) is 19.2. The van der Waals surface area contributed by atoms with Crippen LogP contribution in [0.5, 0.6) is 0 Å². The van der Waals surface area contributed by atoms with E-state index < -0.39 is 20.1 Å². The van der Waals surface area contributed by atoms with Gasteiger partial charge in [0.15, 0.2) is 4.21 Å². The van der Waals surface area contributed by atoms with Gasteiger partial charge in [-0.1, -0.05) is 41.4 Å². The maximum atomic E-state index is 13.2. The molecule has 1 saturated heterocycles. The van der Waals surface area contributed by atoms with Gasteiger partial charge in [-0.2, -0.15) is 8.42 Å². The minimum atomic E-state index is -4.13. The lowest BCUT2D eigenvalue weighted by Gasteiger charge is -2.32. The van der Waals surface area contributed by atoms with Gasteiger partial charge in [0.1, 0.15) is 4.21 Å². The highest BCUT2D eigenvalue weighted by molar-refractivity contribution is 7.91. The van der Waals surface area contributed by atoms with Crippen LogP contribution in [0.4, 0.5) is 10.5 Å². The molecule has 17 heteroatoms. The van der Waals surface area contributed by atoms with Crippen molar-refractivity contribution in [3.63, 3.8) is 0 Å². The monoisotopic (exact) mass is 833 g/mol. The second kappa shape index (κ2) is 16.2. The van der Waals surface area contributed by atoms with Crippen molar-refractivity contribution >= 4 is 109 Å². The number of hydrogen-bond acceptors (Lipinski definition) is 9. The summed E-state index contributed by atoms with van der Waals surface area (Å²) in [5.41, 5.74) is 3.69. The van der Waals surface area contributed by atoms with Crippen LogP contribution in [-0.2, 0) is 20.1 Å². The van der Waals surface area contributed by atoms with Crippen molar-refractivity contribution < 1.29 is 26.2 Å². The first-order chi connectivity index (χ1) is 25.1. The summed E-state index contributed by atoms with van der Waals surface area (Å²) >= 11 is 14.2. The number of benzene rings is 3. The fourth-order valence-corrected chi connectivity index (χ4v) is 11.8. The van der Waals surface area contributed by atoms with Crippen molar-refractivity contribution in [1.82, 2.24) is 19.9 Å². The maximum Gasteiger partial charge on any atom is 0.319 e. The van der Waals surface area contributed by atoms with Crippen LogP contribution in [-0.4, -0.2) is 69.5 Å². The van der Waals surface area contributed by atoms with Crippen molar-refractivity contribution in [3.05, 3.63) is 93.6 Å². The van der Waals surface area contributed by atoms with Crippen LogP contribution >= 0.6 is 45.9 Å². The molecule has 11 nitrogen and oxygen atoms in total. The molecule has 0 unspecified atom stereocenters. The highest BCUT2D eigenvalue weighted by Crippen LogP contribution is 2.37. The summed E-state index contributed by atoms with van der Waals surface area (Å²) in [4.78, 5) is 19.3. The first kappa shape index (κ1) is 39.3. The third-order valence-electron chi connectivity index (χ3n) is 8.90. The first-order valence-corrected chi connectivity index (χ1v) is 21.9. The van der Waals surface area contributed by atoms with Gasteiger partial charge in [-0.15, -0.1) is 22.7 Å². The van der Waals surface area contributed by atoms with Gasteiger partial charge in [-0.05, 0) is 117 Å². The summed E-state index contributed by atoms with van der Waals surface area (Å²) in [6, 6.07) is 19.8. The zero-order valence-corrected chi connectivity index (χ0v) is 33.7. The number of likely N-dealkylation sites (tertiary alicyclic amines) is 1. The Kier molecular flexibility index (Phi) is 12.0. The minimum absolute atomic E-state index is 0.0141. The number of pyridine rings is 1. The number of piperidine rings is 1. The molecule has 4 N–H and O–H groups in total. The average molecular weight is 835 g/mol. The Bertz CT molecular complexity index is 2550. The molecule has 3 aromatic heterocycles. The summed E-state index contributed by atoms with van der Waals surface area (Å²) in [6.07, 6.45) is 1.42. The van der Waals surface area contributed by atoms with Gasteiger partial charge in [0.2, 0.25) is 0 Å². The van der Waals surface area contributed by atoms with Crippen molar-refractivity contribution in [1.29, 1.82) is 0 Å². The van der Waals surface area contributed by atoms with Crippen molar-refractivity contribution in [3.8, 4) is 0 Å². The Morgan fingerprint density at radius 1 is 0.849 bits per heavy atom. The first-order valence-electron chi connectivity index (χ1n) is 16.6. The van der Waals surface area contributed by atoms with Crippen LogP contribution in [0.2, 0.25) is 10.0 Å². The Balaban J connectivity index is 0.000000267. The van der Waals surface area contributed by atoms with Gasteiger partial charge in [-0.25, -0.2) is 17.9 Å². The van der Waals surface area contributed by atoms with Gasteiger partial charge >= 0.3 is 16.1 Å². The molecule has 0 atom stereocenters. The summed E-state index contributed by atoms with van der Waals surface area (Å²) in [7, 11) is -7.76. The lowest BCUT2D eigenvalue weighted by atomic mass is 10.1. The van der Waals surface area contributed by atoms with E-state index in [-0.39, 0.29) is 16.3 Å². The largest absolute Gasteiger partial charge is 0.337 e. The number of aromatic nitrogens is 1. The van der Waals surface area contributed by atoms with E-state index in [4.69, 9.17) is 27.8 Å². The zero-order chi connectivity index (χ0) is 38.1. The number of anilines is 1. The number of halogens is 2. The van der Waals surface area contributed by atoms with Crippen LogP contribution < -0.4 is 15.4 Å². The zero-order valence-electron chi connectivity index (χ0n) is 28.9. The predicted molar refractivity (Wildman–Crippen MR) is 216 cm³/mol. The van der Waals surface area contributed by atoms with E-state index in [1.54, 1.807) is 31.2 Å². The van der Waals surface area contributed by atoms with Crippen LogP contribution in [0.25, 0.3) is 31.1 Å². The van der Waals surface area contributed by atoms with E-state index in [0.717, 1.165) is 72.4 Å². The van der Waals surface area contributed by atoms with Crippen molar-refractivity contribution in [2.45, 2.75) is 48.1 Å². The van der Waals surface area contributed by atoms with Crippen molar-refractivity contribution in [2.24, 2.45) is 0 Å². The molecule has 1 aliphatic heterocycles. The van der Waals surface area contributed by atoms with E-state index in [0.29, 0.717) is 45.7 Å². The Hall–Kier alpha value is -3.38. The van der Waals surface area contributed by atoms with E-state index in [9.17, 15) is 21.6 Å². The number of carbonyl (C=O) groups excluding carboxylic acids is 1. The predicted octanol–water partition coefficient (Wildman–Crippen LogP) is 8.39. The molecule has 1 aliphatic rings. The molecule has 2 amide bonds. The van der Waals surface area contributed by atoms with E-state index in [1.165, 1.54) is 11.3 Å². The number of thiophene rings is 2. The number of hydrogen-bond donors (Lipinski definition) is 4. The molecule has 0 aliphatic carbocycles. The number of fused-ring (bicyclic) bond motifs is 3. The quantitative estimate of drug-likeness (QED) is 0.111. The minimum Gasteiger partial charge on any atom is -0.337 e. The smallest absolute Gasteiger partial charge is 0.319 e. The van der Waals surface area contributed by atoms with Gasteiger partial charge < -0.3 is 15.5 Å². The Labute approximate surface area is 326 Å². The molecule has 7 rings (SSSR count). The highest BCUT2D eigenvalue weighted by Gasteiger charge is 2.28. The van der Waals surface area contributed by atoms with Crippen LogP contribution in [0.15, 0.2) is 75.1 Å². The van der Waals surface area contributed by atoms with Crippen LogP contribution in [0.1, 0.15) is 29.7 Å². The molecule has 4 heterocycles. The number of rotatable bonds is 8. The number of aryl methyl sites for hydroxylation is 3. The number of amides is 2. The summed E-state index contributed by atoms with van der Waals surface area (Å²) in [6.45, 7) is 8.08. The van der Waals surface area contributed by atoms with E-state index >= 15 is 0 Å². The Morgan fingerprint density at radius 2 is 1.43 bits per heavy atom. The summed E-state index contributed by atoms with van der Waals surface area (Å²) in [5, 5.41) is 9.54. The van der Waals surface area contributed by atoms with Gasteiger partial charge in [0.05, 0.1) is 11.2 Å². The van der Waals surface area contributed by atoms with Crippen molar-refractivity contribution in [2.75, 3.05) is 31.5 Å². The number of nitrogens with one attached hydrogen (secondary N) is 3. The lowest BCUT2D eigenvalue weighted by molar-refractivity contribution is 0.206. The molecule has 0 spiro atoms. The molecule has 0 bridgehead atoms. The summed E-state index contributed by atoms with van der Waals surface area (Å²) in [5.74, 6) is 0. The molecule has 3 aromatic carbocycles. The standard InChI is InChI=1S/C27H30ClN5O3S2.C9H7ClO3S2/c1-17-15-24(21-5-3-4-6-23(21)30-17)31-27(34)29-11-14-33-12-9-20(10-13-33)32-38(35,36)26-18(2)22-16-19(28)7-8-25(22)37-26;1-5-7-4-6(10)2-3-8(7)14-9(5)15(11,12)13/h3-8,15-16,20,32H,9-14H2,1-2H3,(H2,29,30,31,34);2-4H,1H3,(H,11,12,13). The summed E-state index contributed by atoms with van der Waals surface area (Å²) < 4.78 is 62.3. The third-order valence-corrected chi connectivity index (χ3v) is 15.5. The third kappa shape index (κ3) is 9.30. The number of nitrogens with zero attached hydrogens (tertiary/aromatic N) is 2. The lowest BCUT2D eigenvalue weighted by Crippen LogP contribution is -2.46. The maximum absolute atomic E-state index is 13.2. The Morgan fingerprint density at radius 3 is 2.06 bits per heavy atom. The van der Waals surface area contributed by atoms with E-state index in [2.05, 4.69) is 25.2 Å². The van der Waals surface area contributed by atoms with Crippen LogP contribution in [0.3, 0.4) is 0 Å². The molecule has 280 valence electrons. The number of sulfonamides is 1. The topological polar surface area (TPSA) is 158 Å². The molecule has 0 radical (unpaired) electrons. The SMILES string of the molecule is Cc1c(S(=O)(=O)O)sc2ccc(Cl)cc12.Cc1cc(NC(=O)NCCN2CCC(NS(=O)(=O)c3sc4ccc(Cl)cc4c3C)CC2)c2ccccc2n1. The van der Waals surface area contributed by atoms with E-state index in [1.807, 2.05) is 56.3 Å². The fourth-order valence-electron chi connectivity index (χ4n) is 6.30. The van der Waals surface area contributed by atoms with Gasteiger partial charge in [-0.3, -0.25) is 9.54 Å². The number of carbonyl (C=O) groups is 1. The number of urea groups is 1. The molecule has 6 aromatic rings. The fraction of sp³-hybridized carbons (Fsp3) is 0.278. The molecular formula is C36H37Cl2N5O6S4. The molecule has 53 heavy (non-hydrogen) atoms. The van der Waals surface area contributed by atoms with Crippen LogP contribution in [0, 0.1) is 20.8 Å². The van der Waals surface area contributed by atoms with Gasteiger partial charge in [0.25, 0.3) is 10.0 Å². The van der Waals surface area contributed by atoms with Gasteiger partial charge in [0, 0.05) is 49.7 Å². The molecular weight excluding hydrogens is 798 g/mol. The number of para-hydroxylation sites is 1. The second-order valence-electron chi connectivity index (χ2n) is 12.7. The molecule has 0 saturated carbocycles. The average Bonchev–Trinajstić information content (AvgIpc) is 3.62. The molecule has 1 fully saturated rings. The highest BCUT2D eigenvalue weighted by atomic mass is 35.5.